The summed E-state index contributed by atoms with van der Waals surface area (Å²) in [6, 6.07) is 8.53. The lowest BCUT2D eigenvalue weighted by Gasteiger charge is -2.21. The summed E-state index contributed by atoms with van der Waals surface area (Å²) < 4.78 is 0. The van der Waals surface area contributed by atoms with Gasteiger partial charge in [-0.2, -0.15) is 0 Å². The van der Waals surface area contributed by atoms with E-state index in [4.69, 9.17) is 0 Å². The molecule has 1 rings (SSSR count). The Balaban J connectivity index is 2.79. The Labute approximate surface area is 99.0 Å². The third-order valence-electron chi connectivity index (χ3n) is 2.79. The molecule has 0 aliphatic heterocycles. The number of nitrogens with zero attached hydrogens (tertiary/aromatic N) is 2. The summed E-state index contributed by atoms with van der Waals surface area (Å²) in [5, 5.41) is 0. The molecule has 1 aromatic carbocycles. The highest BCUT2D eigenvalue weighted by atomic mass is 15.2. The Bertz CT molecular complexity index is 356. The van der Waals surface area contributed by atoms with Gasteiger partial charge in [0.05, 0.1) is 0 Å². The molecule has 0 aliphatic rings. The molecule has 2 heteroatoms. The first kappa shape index (κ1) is 12.8. The van der Waals surface area contributed by atoms with Gasteiger partial charge in [0.1, 0.15) is 5.84 Å². The molecule has 0 atom stereocenters. The van der Waals surface area contributed by atoms with Crippen LogP contribution in [0.5, 0.6) is 0 Å². The predicted molar refractivity (Wildman–Crippen MR) is 72.5 cm³/mol. The van der Waals surface area contributed by atoms with Crippen LogP contribution in [0.15, 0.2) is 29.3 Å². The summed E-state index contributed by atoms with van der Waals surface area (Å²) in [6.07, 6.45) is 3.46. The van der Waals surface area contributed by atoms with Gasteiger partial charge < -0.3 is 4.90 Å². The average Bonchev–Trinajstić information content (AvgIpc) is 2.29. The fourth-order valence-electron chi connectivity index (χ4n) is 1.75. The number of benzene rings is 1. The highest BCUT2D eigenvalue weighted by Crippen LogP contribution is 2.16. The Morgan fingerprint density at radius 2 is 2.12 bits per heavy atom. The van der Waals surface area contributed by atoms with E-state index in [9.17, 15) is 0 Å². The van der Waals surface area contributed by atoms with Gasteiger partial charge >= 0.3 is 0 Å². The fourth-order valence-corrected chi connectivity index (χ4v) is 1.75. The minimum atomic E-state index is 1.05. The van der Waals surface area contributed by atoms with Gasteiger partial charge in [-0.25, -0.2) is 0 Å². The molecular weight excluding hydrogens is 196 g/mol. The van der Waals surface area contributed by atoms with E-state index in [0.717, 1.165) is 12.3 Å². The standard InChI is InChI=1S/C14H22N2/c1-5-6-10-14(15-3)16(4)13-9-7-8-12(2)11-13/h7-9,11H,5-6,10H2,1-4H3. The number of anilines is 1. The van der Waals surface area contributed by atoms with Gasteiger partial charge in [-0.05, 0) is 31.0 Å². The lowest BCUT2D eigenvalue weighted by molar-refractivity contribution is 0.825. The van der Waals surface area contributed by atoms with Crippen molar-refractivity contribution in [3.8, 4) is 0 Å². The molecular formula is C14H22N2. The van der Waals surface area contributed by atoms with Crippen LogP contribution >= 0.6 is 0 Å². The van der Waals surface area contributed by atoms with Crippen LogP contribution in [0.1, 0.15) is 31.7 Å². The molecule has 16 heavy (non-hydrogen) atoms. The minimum absolute atomic E-state index is 1.05. The molecule has 0 radical (unpaired) electrons. The summed E-state index contributed by atoms with van der Waals surface area (Å²) in [5.41, 5.74) is 2.51. The van der Waals surface area contributed by atoms with Crippen molar-refractivity contribution in [2.45, 2.75) is 33.1 Å². The number of hydrogen-bond donors (Lipinski definition) is 0. The first-order valence-electron chi connectivity index (χ1n) is 5.95. The van der Waals surface area contributed by atoms with Gasteiger partial charge in [-0.15, -0.1) is 0 Å². The van der Waals surface area contributed by atoms with E-state index >= 15 is 0 Å². The van der Waals surface area contributed by atoms with Crippen LogP contribution in [0.2, 0.25) is 0 Å². The first-order chi connectivity index (χ1) is 7.69. The monoisotopic (exact) mass is 218 g/mol. The van der Waals surface area contributed by atoms with Crippen molar-refractivity contribution in [2.75, 3.05) is 19.0 Å². The van der Waals surface area contributed by atoms with Crippen molar-refractivity contribution in [2.24, 2.45) is 4.99 Å². The van der Waals surface area contributed by atoms with Gasteiger partial charge in [-0.1, -0.05) is 25.5 Å². The lowest BCUT2D eigenvalue weighted by atomic mass is 10.2. The Hall–Kier alpha value is -1.31. The molecule has 1 aromatic rings. The molecule has 88 valence electrons. The topological polar surface area (TPSA) is 15.6 Å². The quantitative estimate of drug-likeness (QED) is 0.556. The molecule has 2 nitrogen and oxygen atoms in total. The molecule has 0 unspecified atom stereocenters. The maximum absolute atomic E-state index is 4.37. The maximum atomic E-state index is 4.37. The van der Waals surface area contributed by atoms with Crippen LogP contribution in [0.25, 0.3) is 0 Å². The molecule has 0 N–H and O–H groups in total. The van der Waals surface area contributed by atoms with E-state index in [0.29, 0.717) is 0 Å². The van der Waals surface area contributed by atoms with Crippen LogP contribution in [0.3, 0.4) is 0 Å². The Morgan fingerprint density at radius 3 is 2.69 bits per heavy atom. The molecule has 0 saturated heterocycles. The van der Waals surface area contributed by atoms with Crippen LogP contribution in [0.4, 0.5) is 5.69 Å². The van der Waals surface area contributed by atoms with E-state index in [1.165, 1.54) is 24.1 Å². The van der Waals surface area contributed by atoms with Crippen molar-refractivity contribution in [3.05, 3.63) is 29.8 Å². The normalized spacial score (nSPS) is 11.6. The van der Waals surface area contributed by atoms with Gasteiger partial charge in [0, 0.05) is 26.2 Å². The number of hydrogen-bond acceptors (Lipinski definition) is 1. The van der Waals surface area contributed by atoms with Gasteiger partial charge in [-0.3, -0.25) is 4.99 Å². The lowest BCUT2D eigenvalue weighted by Crippen LogP contribution is -2.26. The third-order valence-corrected chi connectivity index (χ3v) is 2.79. The summed E-state index contributed by atoms with van der Waals surface area (Å²) in [4.78, 5) is 6.56. The van der Waals surface area contributed by atoms with Crippen molar-refractivity contribution >= 4 is 11.5 Å². The second-order valence-corrected chi connectivity index (χ2v) is 4.14. The molecule has 0 aromatic heterocycles. The van der Waals surface area contributed by atoms with Gasteiger partial charge in [0.2, 0.25) is 0 Å². The zero-order valence-electron chi connectivity index (χ0n) is 10.8. The van der Waals surface area contributed by atoms with Crippen molar-refractivity contribution in [1.82, 2.24) is 0 Å². The van der Waals surface area contributed by atoms with E-state index in [1.807, 2.05) is 7.05 Å². The maximum Gasteiger partial charge on any atom is 0.103 e. The second-order valence-electron chi connectivity index (χ2n) is 4.14. The predicted octanol–water partition coefficient (Wildman–Crippen LogP) is 3.65. The molecule has 0 amide bonds. The Kier molecular flexibility index (Phi) is 5.03. The summed E-state index contributed by atoms with van der Waals surface area (Å²) in [7, 11) is 3.96. The van der Waals surface area contributed by atoms with Crippen LogP contribution in [-0.2, 0) is 0 Å². The van der Waals surface area contributed by atoms with E-state index in [2.05, 4.69) is 55.1 Å². The smallest absolute Gasteiger partial charge is 0.103 e. The number of rotatable bonds is 4. The summed E-state index contributed by atoms with van der Waals surface area (Å²) in [5.74, 6) is 1.16. The fraction of sp³-hybridized carbons (Fsp3) is 0.500. The third kappa shape index (κ3) is 3.37. The zero-order chi connectivity index (χ0) is 12.0. The van der Waals surface area contributed by atoms with Gasteiger partial charge in [0.15, 0.2) is 0 Å². The number of amidine groups is 1. The second kappa shape index (κ2) is 6.31. The molecule has 0 fully saturated rings. The number of aliphatic imine (C=N–C) groups is 1. The largest absolute Gasteiger partial charge is 0.333 e. The van der Waals surface area contributed by atoms with Crippen LogP contribution in [0, 0.1) is 6.92 Å². The van der Waals surface area contributed by atoms with E-state index in [1.54, 1.807) is 0 Å². The van der Waals surface area contributed by atoms with Crippen LogP contribution in [-0.4, -0.2) is 19.9 Å². The summed E-state index contributed by atoms with van der Waals surface area (Å²) in [6.45, 7) is 4.33. The zero-order valence-corrected chi connectivity index (χ0v) is 10.8. The van der Waals surface area contributed by atoms with Crippen molar-refractivity contribution in [1.29, 1.82) is 0 Å². The summed E-state index contributed by atoms with van der Waals surface area (Å²) >= 11 is 0. The first-order valence-corrected chi connectivity index (χ1v) is 5.95. The minimum Gasteiger partial charge on any atom is -0.333 e. The molecule has 0 aliphatic carbocycles. The van der Waals surface area contributed by atoms with E-state index in [-0.39, 0.29) is 0 Å². The Morgan fingerprint density at radius 1 is 1.38 bits per heavy atom. The number of aryl methyl sites for hydroxylation is 1. The van der Waals surface area contributed by atoms with Gasteiger partial charge in [0.25, 0.3) is 0 Å². The highest BCUT2D eigenvalue weighted by Gasteiger charge is 2.07. The molecule has 0 spiro atoms. The van der Waals surface area contributed by atoms with Crippen molar-refractivity contribution < 1.29 is 0 Å². The van der Waals surface area contributed by atoms with E-state index < -0.39 is 0 Å². The van der Waals surface area contributed by atoms with Crippen molar-refractivity contribution in [3.63, 3.8) is 0 Å². The highest BCUT2D eigenvalue weighted by molar-refractivity contribution is 5.97. The molecule has 0 heterocycles. The van der Waals surface area contributed by atoms with Crippen LogP contribution < -0.4 is 4.90 Å². The number of unbranched alkanes of at least 4 members (excludes halogenated alkanes) is 1. The molecule has 0 saturated carbocycles. The molecule has 0 bridgehead atoms. The SMILES string of the molecule is CCCCC(=NC)N(C)c1cccc(C)c1. The average molecular weight is 218 g/mol.